The van der Waals surface area contributed by atoms with Gasteiger partial charge in [-0.15, -0.1) is 0 Å². The minimum atomic E-state index is 0.325. The molecule has 1 aliphatic rings. The largest absolute Gasteiger partial charge is 0.343 e. The fourth-order valence-electron chi connectivity index (χ4n) is 4.30. The highest BCUT2D eigenvalue weighted by Crippen LogP contribution is 2.34. The number of hydrogen-bond acceptors (Lipinski definition) is 3. The number of hydrogen-bond donors (Lipinski definition) is 1. The molecule has 160 valence electrons. The van der Waals surface area contributed by atoms with E-state index in [9.17, 15) is 4.79 Å². The molecule has 1 aromatic rings. The van der Waals surface area contributed by atoms with Crippen molar-refractivity contribution in [2.24, 2.45) is 0 Å². The second kappa shape index (κ2) is 13.4. The van der Waals surface area contributed by atoms with Crippen molar-refractivity contribution in [3.63, 3.8) is 0 Å². The number of nitriles is 1. The second-order valence-corrected chi connectivity index (χ2v) is 8.50. The van der Waals surface area contributed by atoms with Crippen LogP contribution in [0.1, 0.15) is 94.6 Å². The molecule has 0 heterocycles. The van der Waals surface area contributed by atoms with Gasteiger partial charge in [-0.05, 0) is 68.5 Å². The number of benzene rings is 1. The summed E-state index contributed by atoms with van der Waals surface area (Å²) in [5, 5.41) is 12.0. The number of nitrogens with one attached hydrogen (secondary N) is 1. The topological polar surface area (TPSA) is 56.1 Å². The van der Waals surface area contributed by atoms with Crippen molar-refractivity contribution in [3.8, 4) is 6.07 Å². The molecule has 0 aliphatic heterocycles. The van der Waals surface area contributed by atoms with E-state index in [2.05, 4.69) is 42.6 Å². The SMILES string of the molecule is CCCCCC(=O)N(C)C1CCC(c2ccc(CNCCCCC#N)cc2)CC1. The molecule has 0 saturated heterocycles. The van der Waals surface area contributed by atoms with Gasteiger partial charge in [0.25, 0.3) is 0 Å². The molecule has 4 nitrogen and oxygen atoms in total. The first-order chi connectivity index (χ1) is 14.2. The van der Waals surface area contributed by atoms with Crippen LogP contribution < -0.4 is 5.32 Å². The van der Waals surface area contributed by atoms with Crippen LogP contribution in [0.15, 0.2) is 24.3 Å². The molecule has 29 heavy (non-hydrogen) atoms. The lowest BCUT2D eigenvalue weighted by Gasteiger charge is -2.35. The lowest BCUT2D eigenvalue weighted by atomic mass is 9.81. The molecule has 0 atom stereocenters. The lowest BCUT2D eigenvalue weighted by Crippen LogP contribution is -2.39. The Hall–Kier alpha value is -1.86. The van der Waals surface area contributed by atoms with Crippen molar-refractivity contribution in [2.75, 3.05) is 13.6 Å². The maximum absolute atomic E-state index is 12.4. The summed E-state index contributed by atoms with van der Waals surface area (Å²) in [6, 6.07) is 11.7. The first kappa shape index (κ1) is 23.4. The molecule has 1 aliphatic carbocycles. The fraction of sp³-hybridized carbons (Fsp3) is 0.680. The molecule has 0 bridgehead atoms. The molecule has 1 saturated carbocycles. The highest BCUT2D eigenvalue weighted by atomic mass is 16.2. The Bertz CT molecular complexity index is 626. The zero-order valence-corrected chi connectivity index (χ0v) is 18.5. The standard InChI is InChI=1S/C25H39N3O/c1-3-4-6-9-25(29)28(2)24-16-14-23(15-17-24)22-12-10-21(11-13-22)20-27-19-8-5-7-18-26/h10-13,23-24,27H,3-9,14-17,19-20H2,1-2H3. The third-order valence-corrected chi connectivity index (χ3v) is 6.30. The van der Waals surface area contributed by atoms with Crippen LogP contribution in [0.4, 0.5) is 0 Å². The van der Waals surface area contributed by atoms with Gasteiger partial charge < -0.3 is 10.2 Å². The summed E-state index contributed by atoms with van der Waals surface area (Å²) in [5.41, 5.74) is 2.76. The van der Waals surface area contributed by atoms with Crippen molar-refractivity contribution in [1.82, 2.24) is 10.2 Å². The normalized spacial score (nSPS) is 18.9. The van der Waals surface area contributed by atoms with E-state index >= 15 is 0 Å². The average molecular weight is 398 g/mol. The summed E-state index contributed by atoms with van der Waals surface area (Å²) in [7, 11) is 2.00. The number of amides is 1. The van der Waals surface area contributed by atoms with Gasteiger partial charge >= 0.3 is 0 Å². The number of carbonyl (C=O) groups is 1. The summed E-state index contributed by atoms with van der Waals surface area (Å²) in [6.45, 7) is 4.04. The number of unbranched alkanes of at least 4 members (excludes halogenated alkanes) is 4. The van der Waals surface area contributed by atoms with Crippen LogP contribution in [0.2, 0.25) is 0 Å². The number of rotatable bonds is 12. The number of carbonyl (C=O) groups excluding carboxylic acids is 1. The van der Waals surface area contributed by atoms with Crippen molar-refractivity contribution in [2.45, 2.75) is 96.1 Å². The summed E-state index contributed by atoms with van der Waals surface area (Å²) in [6.07, 6.45) is 11.3. The lowest BCUT2D eigenvalue weighted by molar-refractivity contribution is -0.132. The maximum atomic E-state index is 12.4. The van der Waals surface area contributed by atoms with Gasteiger partial charge in [-0.1, -0.05) is 44.0 Å². The Morgan fingerprint density at radius 2 is 1.83 bits per heavy atom. The molecular weight excluding hydrogens is 358 g/mol. The van der Waals surface area contributed by atoms with Crippen molar-refractivity contribution in [3.05, 3.63) is 35.4 Å². The van der Waals surface area contributed by atoms with E-state index in [1.54, 1.807) is 0 Å². The molecule has 2 rings (SSSR count). The Labute approximate surface area is 177 Å². The maximum Gasteiger partial charge on any atom is 0.222 e. The van der Waals surface area contributed by atoms with Gasteiger partial charge in [0.15, 0.2) is 0 Å². The molecule has 0 aromatic heterocycles. The van der Waals surface area contributed by atoms with Gasteiger partial charge in [0, 0.05) is 32.5 Å². The van der Waals surface area contributed by atoms with Crippen molar-refractivity contribution in [1.29, 1.82) is 5.26 Å². The molecule has 1 fully saturated rings. The average Bonchev–Trinajstić information content (AvgIpc) is 2.76. The molecule has 0 spiro atoms. The zero-order valence-electron chi connectivity index (χ0n) is 18.5. The van der Waals surface area contributed by atoms with Crippen molar-refractivity contribution >= 4 is 5.91 Å². The third kappa shape index (κ3) is 8.19. The van der Waals surface area contributed by atoms with Crippen LogP contribution in [0.5, 0.6) is 0 Å². The van der Waals surface area contributed by atoms with Crippen LogP contribution in [0, 0.1) is 11.3 Å². The quantitative estimate of drug-likeness (QED) is 0.471. The Balaban J connectivity index is 1.71. The molecule has 1 aromatic carbocycles. The van der Waals surface area contributed by atoms with E-state index < -0.39 is 0 Å². The van der Waals surface area contributed by atoms with Crippen LogP contribution >= 0.6 is 0 Å². The van der Waals surface area contributed by atoms with E-state index in [1.165, 1.54) is 30.4 Å². The summed E-state index contributed by atoms with van der Waals surface area (Å²) < 4.78 is 0. The van der Waals surface area contributed by atoms with Gasteiger partial charge in [0.1, 0.15) is 0 Å². The van der Waals surface area contributed by atoms with E-state index in [0.717, 1.165) is 51.6 Å². The summed E-state index contributed by atoms with van der Waals surface area (Å²) in [4.78, 5) is 14.4. The summed E-state index contributed by atoms with van der Waals surface area (Å²) in [5.74, 6) is 0.953. The molecule has 0 unspecified atom stereocenters. The first-order valence-electron chi connectivity index (χ1n) is 11.6. The Morgan fingerprint density at radius 3 is 2.48 bits per heavy atom. The molecule has 1 N–H and O–H groups in total. The minimum Gasteiger partial charge on any atom is -0.343 e. The van der Waals surface area contributed by atoms with E-state index in [4.69, 9.17) is 5.26 Å². The predicted molar refractivity (Wildman–Crippen MR) is 120 cm³/mol. The first-order valence-corrected chi connectivity index (χ1v) is 11.6. The predicted octanol–water partition coefficient (Wildman–Crippen LogP) is 5.53. The van der Waals surface area contributed by atoms with Gasteiger partial charge in [-0.3, -0.25) is 4.79 Å². The zero-order chi connectivity index (χ0) is 20.9. The molecular formula is C25H39N3O. The van der Waals surface area contributed by atoms with E-state index in [-0.39, 0.29) is 0 Å². The van der Waals surface area contributed by atoms with Gasteiger partial charge in [0.2, 0.25) is 5.91 Å². The minimum absolute atomic E-state index is 0.325. The smallest absolute Gasteiger partial charge is 0.222 e. The van der Waals surface area contributed by atoms with Crippen LogP contribution in [0.3, 0.4) is 0 Å². The number of nitrogens with zero attached hydrogens (tertiary/aromatic N) is 2. The van der Waals surface area contributed by atoms with Gasteiger partial charge in [-0.2, -0.15) is 5.26 Å². The van der Waals surface area contributed by atoms with E-state index in [1.807, 2.05) is 11.9 Å². The molecule has 1 amide bonds. The van der Waals surface area contributed by atoms with Gasteiger partial charge in [0.05, 0.1) is 6.07 Å². The Kier molecular flexibility index (Phi) is 10.8. The highest BCUT2D eigenvalue weighted by Gasteiger charge is 2.26. The van der Waals surface area contributed by atoms with Gasteiger partial charge in [-0.25, -0.2) is 0 Å². The molecule has 0 radical (unpaired) electrons. The highest BCUT2D eigenvalue weighted by molar-refractivity contribution is 5.76. The van der Waals surface area contributed by atoms with Crippen LogP contribution in [0.25, 0.3) is 0 Å². The van der Waals surface area contributed by atoms with Crippen molar-refractivity contribution < 1.29 is 4.79 Å². The molecule has 4 heteroatoms. The third-order valence-electron chi connectivity index (χ3n) is 6.30. The van der Waals surface area contributed by atoms with E-state index in [0.29, 0.717) is 30.7 Å². The Morgan fingerprint density at radius 1 is 1.10 bits per heavy atom. The summed E-state index contributed by atoms with van der Waals surface area (Å²) >= 11 is 0. The van der Waals surface area contributed by atoms with Crippen LogP contribution in [-0.2, 0) is 11.3 Å². The second-order valence-electron chi connectivity index (χ2n) is 8.50. The monoisotopic (exact) mass is 397 g/mol. The fourth-order valence-corrected chi connectivity index (χ4v) is 4.30. The van der Waals surface area contributed by atoms with Crippen LogP contribution in [-0.4, -0.2) is 30.4 Å².